The Labute approximate surface area is 319 Å². The number of ether oxygens (including phenoxy) is 5. The smallest absolute Gasteiger partial charge is 0.343 e. The van der Waals surface area contributed by atoms with E-state index in [1.807, 2.05) is 31.2 Å². The second kappa shape index (κ2) is 16.7. The molecule has 0 fully saturated rings. The zero-order chi connectivity index (χ0) is 35.9. The molecule has 1 aliphatic heterocycles. The molecule has 5 rings (SSSR count). The molecule has 0 spiro atoms. The van der Waals surface area contributed by atoms with Gasteiger partial charge in [0.2, 0.25) is 0 Å². The minimum absolute atomic E-state index is 0.133. The Kier molecular flexibility index (Phi) is 12.4. The number of carbonyl (C=O) groups excluding carboxylic acids is 2. The van der Waals surface area contributed by atoms with Gasteiger partial charge in [-0.05, 0) is 120 Å². The molecule has 0 saturated carbocycles. The predicted molar refractivity (Wildman–Crippen MR) is 203 cm³/mol. The van der Waals surface area contributed by atoms with E-state index >= 15 is 0 Å². The molecular formula is C36H31I2N3O8S. The Morgan fingerprint density at radius 1 is 1.02 bits per heavy atom. The van der Waals surface area contributed by atoms with Gasteiger partial charge in [0.25, 0.3) is 5.56 Å². The molecule has 0 radical (unpaired) electrons. The fourth-order valence-electron chi connectivity index (χ4n) is 5.20. The quantitative estimate of drug-likeness (QED) is 0.135. The van der Waals surface area contributed by atoms with Crippen molar-refractivity contribution in [3.63, 3.8) is 0 Å². The first-order valence-corrected chi connectivity index (χ1v) is 18.3. The predicted octanol–water partition coefficient (Wildman–Crippen LogP) is 5.41. The lowest BCUT2D eigenvalue weighted by Crippen LogP contribution is -2.40. The number of hydrogen-bond donors (Lipinski definition) is 0. The van der Waals surface area contributed by atoms with Crippen molar-refractivity contribution in [2.24, 2.45) is 4.99 Å². The summed E-state index contributed by atoms with van der Waals surface area (Å²) >= 11 is 5.63. The van der Waals surface area contributed by atoms with Crippen molar-refractivity contribution in [2.75, 3.05) is 26.9 Å². The SMILES string of the molecule is CCOC(=O)C1=C(C)N=c2s/c(=C/c3cc(I)cc(I)c3OCc3ccc(C#N)cc3)c(=O)n2[C@H]1c1ccc(OCC(=O)OC)c(OCC)c1. The van der Waals surface area contributed by atoms with Crippen molar-refractivity contribution in [2.45, 2.75) is 33.4 Å². The van der Waals surface area contributed by atoms with E-state index in [0.717, 1.165) is 12.7 Å². The number of methoxy groups -OCH3 is 1. The highest BCUT2D eigenvalue weighted by molar-refractivity contribution is 14.1. The van der Waals surface area contributed by atoms with Crippen LogP contribution in [0.15, 0.2) is 75.7 Å². The first-order chi connectivity index (χ1) is 24.1. The zero-order valence-electron chi connectivity index (χ0n) is 27.5. The van der Waals surface area contributed by atoms with Crippen molar-refractivity contribution >= 4 is 74.5 Å². The van der Waals surface area contributed by atoms with Crippen LogP contribution in [0.3, 0.4) is 0 Å². The minimum atomic E-state index is -0.899. The Hall–Kier alpha value is -4.21. The van der Waals surface area contributed by atoms with Crippen LogP contribution in [0.5, 0.6) is 17.2 Å². The summed E-state index contributed by atoms with van der Waals surface area (Å²) in [7, 11) is 1.27. The number of hydrogen-bond acceptors (Lipinski definition) is 11. The summed E-state index contributed by atoms with van der Waals surface area (Å²) in [5, 5.41) is 9.14. The third kappa shape index (κ3) is 8.22. The summed E-state index contributed by atoms with van der Waals surface area (Å²) in [6.45, 7) is 5.59. The van der Waals surface area contributed by atoms with Gasteiger partial charge in [0.1, 0.15) is 12.4 Å². The van der Waals surface area contributed by atoms with Crippen molar-refractivity contribution in [1.82, 2.24) is 4.57 Å². The van der Waals surface area contributed by atoms with Crippen molar-refractivity contribution in [3.05, 3.63) is 115 Å². The average Bonchev–Trinajstić information content (AvgIpc) is 3.40. The van der Waals surface area contributed by atoms with Crippen LogP contribution in [-0.4, -0.2) is 43.4 Å². The van der Waals surface area contributed by atoms with Crippen LogP contribution in [0.25, 0.3) is 6.08 Å². The molecule has 3 aromatic carbocycles. The van der Waals surface area contributed by atoms with Crippen molar-refractivity contribution in [3.8, 4) is 23.3 Å². The van der Waals surface area contributed by atoms with Gasteiger partial charge >= 0.3 is 11.9 Å². The van der Waals surface area contributed by atoms with Crippen molar-refractivity contribution < 1.29 is 33.3 Å². The molecule has 258 valence electrons. The Bertz CT molecular complexity index is 2200. The summed E-state index contributed by atoms with van der Waals surface area (Å²) in [5.41, 5.74) is 2.98. The van der Waals surface area contributed by atoms with E-state index in [-0.39, 0.29) is 31.0 Å². The van der Waals surface area contributed by atoms with Gasteiger partial charge in [-0.1, -0.05) is 29.5 Å². The van der Waals surface area contributed by atoms with Crippen LogP contribution in [-0.2, 0) is 25.7 Å². The maximum absolute atomic E-state index is 14.4. The molecule has 0 N–H and O–H groups in total. The molecule has 1 atom stereocenters. The number of aromatic nitrogens is 1. The summed E-state index contributed by atoms with van der Waals surface area (Å²) in [6.07, 6.45) is 1.78. The van der Waals surface area contributed by atoms with Gasteiger partial charge in [-0.3, -0.25) is 9.36 Å². The molecule has 4 aromatic rings. The first-order valence-electron chi connectivity index (χ1n) is 15.3. The third-order valence-corrected chi connectivity index (χ3v) is 9.87. The van der Waals surface area contributed by atoms with Gasteiger partial charge in [-0.25, -0.2) is 14.6 Å². The number of nitrogens with zero attached hydrogens (tertiary/aromatic N) is 3. The highest BCUT2D eigenvalue weighted by Gasteiger charge is 2.34. The third-order valence-electron chi connectivity index (χ3n) is 7.46. The van der Waals surface area contributed by atoms with Crippen LogP contribution in [0, 0.1) is 18.5 Å². The van der Waals surface area contributed by atoms with Crippen molar-refractivity contribution in [1.29, 1.82) is 5.26 Å². The zero-order valence-corrected chi connectivity index (χ0v) is 32.6. The van der Waals surface area contributed by atoms with E-state index in [2.05, 4.69) is 56.2 Å². The van der Waals surface area contributed by atoms with E-state index in [9.17, 15) is 14.4 Å². The molecule has 1 aromatic heterocycles. The fraction of sp³-hybridized carbons (Fsp3) is 0.250. The van der Waals surface area contributed by atoms with E-state index < -0.39 is 18.0 Å². The van der Waals surface area contributed by atoms with Gasteiger partial charge in [-0.2, -0.15) is 5.26 Å². The molecule has 0 amide bonds. The Balaban J connectivity index is 1.63. The van der Waals surface area contributed by atoms with Gasteiger partial charge < -0.3 is 23.7 Å². The number of fused-ring (bicyclic) bond motifs is 1. The number of esters is 2. The maximum Gasteiger partial charge on any atom is 0.343 e. The monoisotopic (exact) mass is 919 g/mol. The normalized spacial score (nSPS) is 13.9. The van der Waals surface area contributed by atoms with Crippen LogP contribution >= 0.6 is 56.5 Å². The Morgan fingerprint density at radius 3 is 2.46 bits per heavy atom. The largest absolute Gasteiger partial charge is 0.490 e. The lowest BCUT2D eigenvalue weighted by Gasteiger charge is -2.25. The summed E-state index contributed by atoms with van der Waals surface area (Å²) in [6, 6.07) is 17.3. The molecular weight excluding hydrogens is 888 g/mol. The molecule has 2 heterocycles. The second-order valence-corrected chi connectivity index (χ2v) is 14.1. The molecule has 0 aliphatic carbocycles. The molecule has 0 unspecified atom stereocenters. The fourth-order valence-corrected chi connectivity index (χ4v) is 8.28. The van der Waals surface area contributed by atoms with Crippen LogP contribution in [0.1, 0.15) is 49.1 Å². The lowest BCUT2D eigenvalue weighted by molar-refractivity contribution is -0.143. The standard InChI is InChI=1S/C36H31I2N3O8S/c1-5-46-28-14-23(11-12-27(28)48-19-30(42)45-4)32-31(35(44)47-6-2)20(3)40-36-41(32)34(43)29(50-36)15-24-13-25(37)16-26(38)33(24)49-18-22-9-7-21(17-39)8-10-22/h7-16,32H,5-6,18-19H2,1-4H3/b29-15+/t32-/m0/s1. The second-order valence-electron chi connectivity index (χ2n) is 10.7. The van der Waals surface area contributed by atoms with Gasteiger partial charge in [0.15, 0.2) is 22.9 Å². The maximum atomic E-state index is 14.4. The number of halogens is 2. The number of allylic oxidation sites excluding steroid dienone is 1. The number of thiazole rings is 1. The lowest BCUT2D eigenvalue weighted by atomic mass is 9.95. The number of carbonyl (C=O) groups is 2. The average molecular weight is 920 g/mol. The van der Waals surface area contributed by atoms with Crippen LogP contribution in [0.4, 0.5) is 0 Å². The first kappa shape index (κ1) is 37.1. The molecule has 11 nitrogen and oxygen atoms in total. The summed E-state index contributed by atoms with van der Waals surface area (Å²) in [4.78, 5) is 44.7. The topological polar surface area (TPSA) is 138 Å². The number of benzene rings is 3. The van der Waals surface area contributed by atoms with Crippen LogP contribution in [0.2, 0.25) is 0 Å². The highest BCUT2D eigenvalue weighted by Crippen LogP contribution is 2.37. The number of nitriles is 1. The van der Waals surface area contributed by atoms with Gasteiger partial charge in [0, 0.05) is 9.13 Å². The summed E-state index contributed by atoms with van der Waals surface area (Å²) < 4.78 is 31.6. The van der Waals surface area contributed by atoms with E-state index in [4.69, 9.17) is 28.9 Å². The van der Waals surface area contributed by atoms with E-state index in [1.54, 1.807) is 50.3 Å². The minimum Gasteiger partial charge on any atom is -0.490 e. The van der Waals surface area contributed by atoms with Crippen LogP contribution < -0.4 is 29.1 Å². The Morgan fingerprint density at radius 2 is 1.78 bits per heavy atom. The van der Waals surface area contributed by atoms with E-state index in [1.165, 1.54) is 23.0 Å². The molecule has 0 saturated heterocycles. The number of rotatable bonds is 12. The summed E-state index contributed by atoms with van der Waals surface area (Å²) in [5.74, 6) is 0.0742. The van der Waals surface area contributed by atoms with E-state index in [0.29, 0.717) is 55.6 Å². The molecule has 0 bridgehead atoms. The molecule has 50 heavy (non-hydrogen) atoms. The molecule has 1 aliphatic rings. The molecule has 14 heteroatoms. The van der Waals surface area contributed by atoms with Gasteiger partial charge in [0.05, 0.1) is 57.4 Å². The highest BCUT2D eigenvalue weighted by atomic mass is 127. The van der Waals surface area contributed by atoms with Gasteiger partial charge in [-0.15, -0.1) is 0 Å².